The Labute approximate surface area is 129 Å². The number of H-pyrrole nitrogens is 1. The summed E-state index contributed by atoms with van der Waals surface area (Å²) in [5, 5.41) is 0. The van der Waals surface area contributed by atoms with Crippen LogP contribution in [0, 0.1) is 12.3 Å². The van der Waals surface area contributed by atoms with Gasteiger partial charge in [-0.05, 0) is 30.4 Å². The second-order valence-electron chi connectivity index (χ2n) is 6.83. The van der Waals surface area contributed by atoms with Gasteiger partial charge in [0.05, 0.1) is 5.69 Å². The zero-order chi connectivity index (χ0) is 16.1. The van der Waals surface area contributed by atoms with Crippen molar-refractivity contribution in [2.45, 2.75) is 33.6 Å². The van der Waals surface area contributed by atoms with Gasteiger partial charge in [0.15, 0.2) is 5.78 Å². The van der Waals surface area contributed by atoms with Gasteiger partial charge in [-0.15, -0.1) is 0 Å². The smallest absolute Gasteiger partial charge is 0.249 e. The number of nitrogens with two attached hydrogens (primary N) is 1. The number of rotatable bonds is 2. The number of ketones is 1. The van der Waals surface area contributed by atoms with Crippen molar-refractivity contribution in [3.63, 3.8) is 0 Å². The Hall–Kier alpha value is -2.36. The summed E-state index contributed by atoms with van der Waals surface area (Å²) in [7, 11) is 0. The zero-order valence-corrected chi connectivity index (χ0v) is 13.1. The van der Waals surface area contributed by atoms with Gasteiger partial charge in [0, 0.05) is 28.8 Å². The highest BCUT2D eigenvalue weighted by atomic mass is 16.1. The van der Waals surface area contributed by atoms with Crippen molar-refractivity contribution < 1.29 is 9.59 Å². The molecule has 0 atom stereocenters. The molecule has 4 nitrogen and oxygen atoms in total. The fourth-order valence-corrected chi connectivity index (χ4v) is 3.42. The van der Waals surface area contributed by atoms with E-state index in [9.17, 15) is 9.59 Å². The highest BCUT2D eigenvalue weighted by Crippen LogP contribution is 2.39. The molecule has 22 heavy (non-hydrogen) atoms. The van der Waals surface area contributed by atoms with E-state index in [4.69, 9.17) is 5.73 Å². The first-order valence-corrected chi connectivity index (χ1v) is 7.44. The van der Waals surface area contributed by atoms with Gasteiger partial charge in [-0.3, -0.25) is 9.59 Å². The number of carbonyl (C=O) groups excluding carboxylic acids is 2. The van der Waals surface area contributed by atoms with Crippen LogP contribution in [-0.2, 0) is 6.42 Å². The lowest BCUT2D eigenvalue weighted by Crippen LogP contribution is -2.26. The summed E-state index contributed by atoms with van der Waals surface area (Å²) >= 11 is 0. The third-order valence-electron chi connectivity index (χ3n) is 4.36. The van der Waals surface area contributed by atoms with Gasteiger partial charge >= 0.3 is 0 Å². The zero-order valence-electron chi connectivity index (χ0n) is 13.1. The molecule has 1 amide bonds. The molecule has 0 saturated heterocycles. The maximum Gasteiger partial charge on any atom is 0.249 e. The quantitative estimate of drug-likeness (QED) is 0.892. The van der Waals surface area contributed by atoms with Gasteiger partial charge < -0.3 is 10.7 Å². The number of fused-ring (bicyclic) bond motifs is 1. The molecule has 1 heterocycles. The fourth-order valence-electron chi connectivity index (χ4n) is 3.42. The summed E-state index contributed by atoms with van der Waals surface area (Å²) in [6.07, 6.45) is 1.38. The van der Waals surface area contributed by atoms with Crippen LogP contribution in [-0.4, -0.2) is 16.7 Å². The Morgan fingerprint density at radius 3 is 2.59 bits per heavy atom. The van der Waals surface area contributed by atoms with Crippen LogP contribution in [0.15, 0.2) is 24.3 Å². The molecule has 1 aromatic carbocycles. The van der Waals surface area contributed by atoms with Gasteiger partial charge in [-0.25, -0.2) is 0 Å². The molecule has 0 unspecified atom stereocenters. The third-order valence-corrected chi connectivity index (χ3v) is 4.36. The summed E-state index contributed by atoms with van der Waals surface area (Å²) in [6.45, 7) is 6.13. The van der Waals surface area contributed by atoms with Crippen molar-refractivity contribution in [1.82, 2.24) is 4.98 Å². The van der Waals surface area contributed by atoms with Crippen LogP contribution in [0.3, 0.4) is 0 Å². The fraction of sp³-hybridized carbons (Fsp3) is 0.333. The molecule has 4 heteroatoms. The number of carbonyl (C=O) groups is 2. The number of amides is 1. The first-order chi connectivity index (χ1) is 10.3. The number of primary amides is 1. The van der Waals surface area contributed by atoms with Crippen molar-refractivity contribution in [3.05, 3.63) is 46.6 Å². The Kier molecular flexibility index (Phi) is 3.20. The Bertz CT molecular complexity index is 784. The summed E-state index contributed by atoms with van der Waals surface area (Å²) in [5.41, 5.74) is 10.1. The Morgan fingerprint density at radius 2 is 1.91 bits per heavy atom. The molecule has 3 rings (SSSR count). The number of hydrogen-bond acceptors (Lipinski definition) is 2. The van der Waals surface area contributed by atoms with Crippen molar-refractivity contribution >= 4 is 11.7 Å². The molecule has 2 aromatic rings. The first-order valence-electron chi connectivity index (χ1n) is 7.44. The largest absolute Gasteiger partial charge is 0.366 e. The molecular formula is C18H20N2O2. The van der Waals surface area contributed by atoms with Crippen LogP contribution in [0.1, 0.15) is 52.2 Å². The van der Waals surface area contributed by atoms with Crippen molar-refractivity contribution in [1.29, 1.82) is 0 Å². The lowest BCUT2D eigenvalue weighted by Gasteiger charge is -2.28. The summed E-state index contributed by atoms with van der Waals surface area (Å²) < 4.78 is 0. The van der Waals surface area contributed by atoms with E-state index >= 15 is 0 Å². The van der Waals surface area contributed by atoms with Crippen LogP contribution in [0.2, 0.25) is 0 Å². The van der Waals surface area contributed by atoms with Crippen LogP contribution in [0.25, 0.3) is 11.3 Å². The summed E-state index contributed by atoms with van der Waals surface area (Å²) in [4.78, 5) is 27.5. The van der Waals surface area contributed by atoms with Gasteiger partial charge in [-0.2, -0.15) is 0 Å². The molecule has 0 fully saturated rings. The number of benzene rings is 1. The highest BCUT2D eigenvalue weighted by molar-refractivity contribution is 6.04. The molecule has 3 N–H and O–H groups in total. The van der Waals surface area contributed by atoms with Crippen molar-refractivity contribution in [2.24, 2.45) is 11.1 Å². The second-order valence-corrected chi connectivity index (χ2v) is 6.83. The number of hydrogen-bond donors (Lipinski definition) is 2. The van der Waals surface area contributed by atoms with Gasteiger partial charge in [0.25, 0.3) is 0 Å². The molecular weight excluding hydrogens is 276 g/mol. The number of aromatic nitrogens is 1. The standard InChI is InChI=1S/C18H20N2O2/c1-10-15-13(8-18(2,3)9-14(15)21)20-16(10)11-6-4-5-7-12(11)17(19)22/h4-7,20H,8-9H2,1-3H3,(H2,19,22). The molecule has 0 saturated carbocycles. The van der Waals surface area contributed by atoms with E-state index in [0.29, 0.717) is 12.0 Å². The lowest BCUT2D eigenvalue weighted by atomic mass is 9.75. The second kappa shape index (κ2) is 4.83. The first kappa shape index (κ1) is 14.6. The van der Waals surface area contributed by atoms with E-state index in [2.05, 4.69) is 18.8 Å². The van der Waals surface area contributed by atoms with Gasteiger partial charge in [-0.1, -0.05) is 32.0 Å². The maximum atomic E-state index is 12.5. The van der Waals surface area contributed by atoms with E-state index in [0.717, 1.165) is 34.5 Å². The lowest BCUT2D eigenvalue weighted by molar-refractivity contribution is 0.0910. The van der Waals surface area contributed by atoms with E-state index in [1.165, 1.54) is 0 Å². The molecule has 0 spiro atoms. The topological polar surface area (TPSA) is 76.0 Å². The molecule has 1 aliphatic carbocycles. The molecule has 114 valence electrons. The summed E-state index contributed by atoms with van der Waals surface area (Å²) in [5.74, 6) is -0.294. The van der Waals surface area contributed by atoms with E-state index in [-0.39, 0.29) is 11.2 Å². The third kappa shape index (κ3) is 2.25. The van der Waals surface area contributed by atoms with Crippen molar-refractivity contribution in [3.8, 4) is 11.3 Å². The van der Waals surface area contributed by atoms with E-state index < -0.39 is 5.91 Å². The average molecular weight is 296 g/mol. The monoisotopic (exact) mass is 296 g/mol. The Balaban J connectivity index is 2.20. The van der Waals surface area contributed by atoms with Crippen LogP contribution in [0.5, 0.6) is 0 Å². The minimum absolute atomic E-state index is 0.0398. The predicted molar refractivity (Wildman–Crippen MR) is 85.9 cm³/mol. The van der Waals surface area contributed by atoms with E-state index in [1.807, 2.05) is 19.1 Å². The van der Waals surface area contributed by atoms with Crippen molar-refractivity contribution in [2.75, 3.05) is 0 Å². The van der Waals surface area contributed by atoms with Crippen LogP contribution < -0.4 is 5.73 Å². The summed E-state index contributed by atoms with van der Waals surface area (Å²) in [6, 6.07) is 7.23. The number of aromatic amines is 1. The Morgan fingerprint density at radius 1 is 1.23 bits per heavy atom. The van der Waals surface area contributed by atoms with Gasteiger partial charge in [0.2, 0.25) is 5.91 Å². The molecule has 0 radical (unpaired) electrons. The minimum Gasteiger partial charge on any atom is -0.366 e. The number of nitrogens with one attached hydrogen (secondary N) is 1. The van der Waals surface area contributed by atoms with Gasteiger partial charge in [0.1, 0.15) is 0 Å². The van der Waals surface area contributed by atoms with Crippen LogP contribution in [0.4, 0.5) is 0 Å². The minimum atomic E-state index is -0.464. The van der Waals surface area contributed by atoms with E-state index in [1.54, 1.807) is 12.1 Å². The highest BCUT2D eigenvalue weighted by Gasteiger charge is 2.34. The predicted octanol–water partition coefficient (Wildman–Crippen LogP) is 3.24. The average Bonchev–Trinajstić information content (AvgIpc) is 2.74. The molecule has 1 aliphatic rings. The molecule has 0 bridgehead atoms. The molecule has 0 aliphatic heterocycles. The maximum absolute atomic E-state index is 12.5. The van der Waals surface area contributed by atoms with Crippen LogP contribution >= 0.6 is 0 Å². The number of Topliss-reactive ketones (excluding diaryl/α,β-unsaturated/α-hetero) is 1. The normalized spacial score (nSPS) is 16.4. The molecule has 1 aromatic heterocycles. The SMILES string of the molecule is Cc1c(-c2ccccc2C(N)=O)[nH]c2c1C(=O)CC(C)(C)C2.